The van der Waals surface area contributed by atoms with E-state index in [0.717, 1.165) is 19.6 Å². The van der Waals surface area contributed by atoms with Gasteiger partial charge in [0.05, 0.1) is 37.5 Å². The van der Waals surface area contributed by atoms with E-state index in [0.29, 0.717) is 19.8 Å². The molecule has 12 nitrogen and oxygen atoms in total. The van der Waals surface area contributed by atoms with Crippen molar-refractivity contribution in [2.75, 3.05) is 60.0 Å². The molecule has 3 unspecified atom stereocenters. The first-order valence-corrected chi connectivity index (χ1v) is 11.9. The van der Waals surface area contributed by atoms with Gasteiger partial charge >= 0.3 is 0 Å². The van der Waals surface area contributed by atoms with Crippen LogP contribution in [-0.4, -0.2) is 146 Å². The van der Waals surface area contributed by atoms with E-state index in [-0.39, 0.29) is 13.0 Å². The van der Waals surface area contributed by atoms with Crippen LogP contribution in [0.25, 0.3) is 0 Å². The van der Waals surface area contributed by atoms with Gasteiger partial charge < -0.3 is 55.3 Å². The van der Waals surface area contributed by atoms with Gasteiger partial charge in [0.15, 0.2) is 0 Å². The molecule has 3 aliphatic heterocycles. The van der Waals surface area contributed by atoms with E-state index < -0.39 is 60.3 Å². The normalized spacial score (nSPS) is 48.8. The van der Waals surface area contributed by atoms with Crippen LogP contribution in [0.2, 0.25) is 0 Å². The minimum absolute atomic E-state index is 0.0628. The Morgan fingerprint density at radius 3 is 2.33 bits per heavy atom. The highest BCUT2D eigenvalue weighted by Crippen LogP contribution is 2.46. The maximum absolute atomic E-state index is 11.6. The summed E-state index contributed by atoms with van der Waals surface area (Å²) in [6, 6.07) is -1.32. The van der Waals surface area contributed by atoms with Gasteiger partial charge in [-0.2, -0.15) is 0 Å². The highest BCUT2D eigenvalue weighted by atomic mass is 16.8. The summed E-state index contributed by atoms with van der Waals surface area (Å²) in [5, 5.41) is 54.0. The van der Waals surface area contributed by atoms with Crippen LogP contribution in [-0.2, 0) is 18.9 Å². The SMILES string of the molecule is CN[C@@H]1[C@H](O)[C@H](NC)C2O[C@]3(O)C(OC2[C@H]1O)O[C@H](C)C[C@@]3(O)CNCCN1CCOCC1. The van der Waals surface area contributed by atoms with E-state index in [1.807, 2.05) is 0 Å². The maximum atomic E-state index is 11.6. The van der Waals surface area contributed by atoms with Crippen molar-refractivity contribution in [3.05, 3.63) is 0 Å². The molecule has 33 heavy (non-hydrogen) atoms. The number of fused-ring (bicyclic) bond motifs is 2. The van der Waals surface area contributed by atoms with Gasteiger partial charge in [0.25, 0.3) is 0 Å². The molecule has 0 radical (unpaired) electrons. The van der Waals surface area contributed by atoms with Crippen LogP contribution >= 0.6 is 0 Å². The molecular formula is C21H40N4O8. The molecule has 7 N–H and O–H groups in total. The molecule has 0 aromatic heterocycles. The summed E-state index contributed by atoms with van der Waals surface area (Å²) in [6.07, 6.45) is -5.49. The number of hydrogen-bond donors (Lipinski definition) is 7. The lowest BCUT2D eigenvalue weighted by atomic mass is 9.77. The zero-order valence-corrected chi connectivity index (χ0v) is 19.6. The van der Waals surface area contributed by atoms with Crippen molar-refractivity contribution in [2.24, 2.45) is 0 Å². The third-order valence-electron chi connectivity index (χ3n) is 7.47. The number of hydrogen-bond acceptors (Lipinski definition) is 12. The minimum Gasteiger partial charge on any atom is -0.390 e. The van der Waals surface area contributed by atoms with E-state index >= 15 is 0 Å². The molecule has 0 bridgehead atoms. The van der Waals surface area contributed by atoms with Crippen LogP contribution in [0.5, 0.6) is 0 Å². The summed E-state index contributed by atoms with van der Waals surface area (Å²) < 4.78 is 23.3. The number of aliphatic hydroxyl groups is 4. The van der Waals surface area contributed by atoms with Gasteiger partial charge in [0.1, 0.15) is 23.9 Å². The summed E-state index contributed by atoms with van der Waals surface area (Å²) in [5.41, 5.74) is -1.71. The van der Waals surface area contributed by atoms with Crippen LogP contribution in [0, 0.1) is 0 Å². The van der Waals surface area contributed by atoms with Crippen molar-refractivity contribution < 1.29 is 39.4 Å². The summed E-state index contributed by atoms with van der Waals surface area (Å²) in [7, 11) is 3.30. The van der Waals surface area contributed by atoms with Crippen molar-refractivity contribution in [2.45, 2.75) is 73.6 Å². The van der Waals surface area contributed by atoms with Gasteiger partial charge in [-0.1, -0.05) is 0 Å². The number of nitrogens with one attached hydrogen (secondary N) is 3. The second-order valence-corrected chi connectivity index (χ2v) is 9.63. The molecular weight excluding hydrogens is 436 g/mol. The Morgan fingerprint density at radius 2 is 1.67 bits per heavy atom. The van der Waals surface area contributed by atoms with Gasteiger partial charge in [-0.3, -0.25) is 4.90 Å². The summed E-state index contributed by atoms with van der Waals surface area (Å²) in [5.74, 6) is -2.19. The first-order chi connectivity index (χ1) is 15.7. The third-order valence-corrected chi connectivity index (χ3v) is 7.47. The molecule has 3 heterocycles. The van der Waals surface area contributed by atoms with E-state index in [1.54, 1.807) is 21.0 Å². The summed E-state index contributed by atoms with van der Waals surface area (Å²) in [4.78, 5) is 2.27. The predicted molar refractivity (Wildman–Crippen MR) is 116 cm³/mol. The van der Waals surface area contributed by atoms with Crippen LogP contribution in [0.3, 0.4) is 0 Å². The molecule has 4 rings (SSSR count). The molecule has 4 aliphatic rings. The zero-order chi connectivity index (χ0) is 23.8. The fourth-order valence-electron chi connectivity index (χ4n) is 5.59. The van der Waals surface area contributed by atoms with E-state index in [4.69, 9.17) is 18.9 Å². The van der Waals surface area contributed by atoms with Gasteiger partial charge in [-0.15, -0.1) is 0 Å². The van der Waals surface area contributed by atoms with Crippen LogP contribution < -0.4 is 16.0 Å². The fourth-order valence-corrected chi connectivity index (χ4v) is 5.59. The molecule has 1 saturated carbocycles. The summed E-state index contributed by atoms with van der Waals surface area (Å²) in [6.45, 7) is 6.43. The number of morpholine rings is 1. The number of aliphatic hydroxyl groups excluding tert-OH is 2. The smallest absolute Gasteiger partial charge is 0.249 e. The number of nitrogens with zero attached hydrogens (tertiary/aromatic N) is 1. The average molecular weight is 477 g/mol. The lowest BCUT2D eigenvalue weighted by molar-refractivity contribution is -0.482. The first-order valence-electron chi connectivity index (χ1n) is 11.9. The average Bonchev–Trinajstić information content (AvgIpc) is 2.78. The quantitative estimate of drug-likeness (QED) is 0.180. The number of rotatable bonds is 7. The highest BCUT2D eigenvalue weighted by Gasteiger charge is 2.68. The molecule has 1 aliphatic carbocycles. The molecule has 0 spiro atoms. The van der Waals surface area contributed by atoms with E-state index in [9.17, 15) is 20.4 Å². The molecule has 3 saturated heterocycles. The molecule has 0 aromatic carbocycles. The van der Waals surface area contributed by atoms with Gasteiger partial charge in [-0.25, -0.2) is 0 Å². The standard InChI is InChI=1S/C21H40N4O8/c1-12-10-20(28,11-24-4-5-25-6-8-30-9-7-25)21(29)19(31-12)32-18-16(27)13(22-2)15(26)14(23-3)17(18)33-21/h12-19,22-24,26-29H,4-11H2,1-3H3/t12-,13-,14+,15+,16+,17?,18?,19?,20-,21-/m1/s1. The topological polar surface area (TPSA) is 157 Å². The zero-order valence-electron chi connectivity index (χ0n) is 19.6. The van der Waals surface area contributed by atoms with Crippen LogP contribution in [0.1, 0.15) is 13.3 Å². The Labute approximate surface area is 194 Å². The van der Waals surface area contributed by atoms with Crippen LogP contribution in [0.4, 0.5) is 0 Å². The molecule has 192 valence electrons. The lowest BCUT2D eigenvalue weighted by Gasteiger charge is -2.60. The van der Waals surface area contributed by atoms with Crippen molar-refractivity contribution >= 4 is 0 Å². The van der Waals surface area contributed by atoms with Crippen molar-refractivity contribution in [1.82, 2.24) is 20.9 Å². The largest absolute Gasteiger partial charge is 0.390 e. The van der Waals surface area contributed by atoms with E-state index in [1.165, 1.54) is 0 Å². The Balaban J connectivity index is 1.48. The van der Waals surface area contributed by atoms with Crippen molar-refractivity contribution in [3.63, 3.8) is 0 Å². The van der Waals surface area contributed by atoms with Gasteiger partial charge in [-0.05, 0) is 21.0 Å². The second-order valence-electron chi connectivity index (χ2n) is 9.63. The number of ether oxygens (including phenoxy) is 4. The van der Waals surface area contributed by atoms with Gasteiger partial charge in [0, 0.05) is 39.1 Å². The summed E-state index contributed by atoms with van der Waals surface area (Å²) >= 11 is 0. The first kappa shape index (κ1) is 25.6. The Kier molecular flexibility index (Phi) is 7.95. The molecule has 0 amide bonds. The maximum Gasteiger partial charge on any atom is 0.249 e. The lowest BCUT2D eigenvalue weighted by Crippen LogP contribution is -2.81. The van der Waals surface area contributed by atoms with Crippen molar-refractivity contribution in [1.29, 1.82) is 0 Å². The van der Waals surface area contributed by atoms with Crippen LogP contribution in [0.15, 0.2) is 0 Å². The highest BCUT2D eigenvalue weighted by molar-refractivity contribution is 5.12. The van der Waals surface area contributed by atoms with Crippen molar-refractivity contribution in [3.8, 4) is 0 Å². The minimum atomic E-state index is -2.19. The molecule has 12 heteroatoms. The third kappa shape index (κ3) is 4.69. The molecule has 0 aromatic rings. The predicted octanol–water partition coefficient (Wildman–Crippen LogP) is -3.84. The molecule has 10 atom stereocenters. The van der Waals surface area contributed by atoms with E-state index in [2.05, 4.69) is 20.9 Å². The fraction of sp³-hybridized carbons (Fsp3) is 1.00. The Hall–Kier alpha value is -0.480. The number of likely N-dealkylation sites (N-methyl/N-ethyl adjacent to an activating group) is 2. The monoisotopic (exact) mass is 476 g/mol. The Bertz CT molecular complexity index is 658. The van der Waals surface area contributed by atoms with Gasteiger partial charge in [0.2, 0.25) is 12.1 Å². The Morgan fingerprint density at radius 1 is 0.970 bits per heavy atom. The molecule has 4 fully saturated rings. The second kappa shape index (κ2) is 10.2.